The molecule has 1 heterocycles. The van der Waals surface area contributed by atoms with Gasteiger partial charge in [-0.25, -0.2) is 0 Å². The molecule has 3 rings (SSSR count). The molecule has 16 heavy (non-hydrogen) atoms. The van der Waals surface area contributed by atoms with Crippen LogP contribution in [0.5, 0.6) is 0 Å². The molecule has 0 atom stereocenters. The second kappa shape index (κ2) is 3.48. The number of nitrogens with zero attached hydrogens (tertiary/aromatic N) is 1. The summed E-state index contributed by atoms with van der Waals surface area (Å²) >= 11 is 0. The average Bonchev–Trinajstić information content (AvgIpc) is 3.13. The van der Waals surface area contributed by atoms with Crippen molar-refractivity contribution in [3.63, 3.8) is 0 Å². The Morgan fingerprint density at radius 1 is 1.31 bits per heavy atom. The van der Waals surface area contributed by atoms with E-state index >= 15 is 0 Å². The Kier molecular flexibility index (Phi) is 2.10. The Morgan fingerprint density at radius 3 is 2.75 bits per heavy atom. The van der Waals surface area contributed by atoms with E-state index < -0.39 is 0 Å². The lowest BCUT2D eigenvalue weighted by atomic mass is 10.1. The quantitative estimate of drug-likeness (QED) is 0.751. The molecule has 82 valence electrons. The summed E-state index contributed by atoms with van der Waals surface area (Å²) in [5.74, 6) is 0.622. The van der Waals surface area contributed by atoms with Crippen molar-refractivity contribution in [1.82, 2.24) is 4.57 Å². The molecule has 0 radical (unpaired) electrons. The summed E-state index contributed by atoms with van der Waals surface area (Å²) in [5, 5.41) is 0.841. The number of pyridine rings is 1. The largest absolute Gasteiger partial charge is 0.344 e. The van der Waals surface area contributed by atoms with Crippen LogP contribution in [0.4, 0.5) is 0 Å². The minimum Gasteiger partial charge on any atom is -0.344 e. The second-order valence-corrected chi connectivity index (χ2v) is 4.47. The smallest absolute Gasteiger partial charge is 0.189 e. The van der Waals surface area contributed by atoms with Gasteiger partial charge in [-0.2, -0.15) is 0 Å². The first-order valence-electron chi connectivity index (χ1n) is 5.93. The maximum Gasteiger partial charge on any atom is 0.189 e. The summed E-state index contributed by atoms with van der Waals surface area (Å²) in [6.07, 6.45) is 2.47. The summed E-state index contributed by atoms with van der Waals surface area (Å²) in [6, 6.07) is 9.74. The van der Waals surface area contributed by atoms with Gasteiger partial charge in [0.15, 0.2) is 5.43 Å². The predicted molar refractivity (Wildman–Crippen MR) is 65.9 cm³/mol. The molecule has 0 saturated heterocycles. The van der Waals surface area contributed by atoms with Gasteiger partial charge in [0.25, 0.3) is 0 Å². The zero-order valence-corrected chi connectivity index (χ0v) is 9.44. The van der Waals surface area contributed by atoms with Crippen molar-refractivity contribution in [2.24, 2.45) is 0 Å². The van der Waals surface area contributed by atoms with Crippen LogP contribution < -0.4 is 5.43 Å². The molecule has 0 unspecified atom stereocenters. The van der Waals surface area contributed by atoms with Crippen LogP contribution in [0.15, 0.2) is 35.1 Å². The second-order valence-electron chi connectivity index (χ2n) is 4.47. The van der Waals surface area contributed by atoms with Crippen molar-refractivity contribution >= 4 is 10.9 Å². The molecule has 1 aromatic carbocycles. The van der Waals surface area contributed by atoms with Crippen LogP contribution in [0.2, 0.25) is 0 Å². The Balaban J connectivity index is 2.40. The van der Waals surface area contributed by atoms with E-state index in [0.29, 0.717) is 5.92 Å². The number of rotatable bonds is 2. The molecule has 1 aromatic heterocycles. The van der Waals surface area contributed by atoms with Gasteiger partial charge in [0.2, 0.25) is 0 Å². The van der Waals surface area contributed by atoms with E-state index in [4.69, 9.17) is 0 Å². The molecule has 0 aliphatic heterocycles. The molecule has 0 spiro atoms. The van der Waals surface area contributed by atoms with Crippen molar-refractivity contribution in [2.75, 3.05) is 0 Å². The van der Waals surface area contributed by atoms with Gasteiger partial charge < -0.3 is 4.57 Å². The highest BCUT2D eigenvalue weighted by Gasteiger charge is 2.26. The van der Waals surface area contributed by atoms with E-state index in [-0.39, 0.29) is 5.43 Å². The lowest BCUT2D eigenvalue weighted by Crippen LogP contribution is -2.12. The van der Waals surface area contributed by atoms with Gasteiger partial charge >= 0.3 is 0 Å². The minimum absolute atomic E-state index is 0.169. The van der Waals surface area contributed by atoms with Crippen LogP contribution in [0.25, 0.3) is 10.9 Å². The highest BCUT2D eigenvalue weighted by atomic mass is 16.1. The first-order valence-corrected chi connectivity index (χ1v) is 5.93. The zero-order valence-electron chi connectivity index (χ0n) is 9.44. The molecule has 0 bridgehead atoms. The lowest BCUT2D eigenvalue weighted by molar-refractivity contribution is 0.729. The molecule has 0 amide bonds. The predicted octanol–water partition coefficient (Wildman–Crippen LogP) is 2.90. The summed E-state index contributed by atoms with van der Waals surface area (Å²) < 4.78 is 2.29. The number of hydrogen-bond donors (Lipinski definition) is 0. The van der Waals surface area contributed by atoms with Gasteiger partial charge in [-0.1, -0.05) is 12.1 Å². The maximum atomic E-state index is 12.0. The number of aryl methyl sites for hydroxylation is 1. The van der Waals surface area contributed by atoms with E-state index in [9.17, 15) is 4.79 Å². The molecule has 2 nitrogen and oxygen atoms in total. The van der Waals surface area contributed by atoms with Crippen molar-refractivity contribution < 1.29 is 0 Å². The fraction of sp³-hybridized carbons (Fsp3) is 0.357. The third-order valence-electron chi connectivity index (χ3n) is 3.36. The average molecular weight is 213 g/mol. The number of para-hydroxylation sites is 1. The molecule has 1 aliphatic rings. The summed E-state index contributed by atoms with van der Waals surface area (Å²) in [5.41, 5.74) is 2.48. The van der Waals surface area contributed by atoms with Crippen LogP contribution >= 0.6 is 0 Å². The van der Waals surface area contributed by atoms with Crippen LogP contribution in [-0.4, -0.2) is 4.57 Å². The van der Waals surface area contributed by atoms with Gasteiger partial charge in [0.05, 0.1) is 5.52 Å². The molecule has 2 aromatic rings. The van der Waals surface area contributed by atoms with E-state index in [1.54, 1.807) is 0 Å². The molecule has 1 fully saturated rings. The molecule has 1 aliphatic carbocycles. The van der Waals surface area contributed by atoms with E-state index in [1.807, 2.05) is 30.3 Å². The van der Waals surface area contributed by atoms with Crippen LogP contribution in [0.3, 0.4) is 0 Å². The first kappa shape index (κ1) is 9.64. The van der Waals surface area contributed by atoms with Crippen molar-refractivity contribution in [3.8, 4) is 0 Å². The van der Waals surface area contributed by atoms with Gasteiger partial charge in [0.1, 0.15) is 0 Å². The van der Waals surface area contributed by atoms with Crippen LogP contribution in [-0.2, 0) is 6.54 Å². The fourth-order valence-corrected chi connectivity index (χ4v) is 2.42. The Morgan fingerprint density at radius 2 is 2.06 bits per heavy atom. The third kappa shape index (κ3) is 1.37. The topological polar surface area (TPSA) is 22.0 Å². The van der Waals surface area contributed by atoms with Gasteiger partial charge in [-0.15, -0.1) is 0 Å². The standard InChI is InChI=1S/C14H15NO/c1-2-15-12-6-4-3-5-11(12)14(16)9-13(15)10-7-8-10/h3-6,9-10H,2,7-8H2,1H3. The molecular weight excluding hydrogens is 198 g/mol. The third-order valence-corrected chi connectivity index (χ3v) is 3.36. The van der Waals surface area contributed by atoms with Crippen molar-refractivity contribution in [3.05, 3.63) is 46.2 Å². The van der Waals surface area contributed by atoms with E-state index in [2.05, 4.69) is 11.5 Å². The highest BCUT2D eigenvalue weighted by Crippen LogP contribution is 2.40. The summed E-state index contributed by atoms with van der Waals surface area (Å²) in [4.78, 5) is 12.0. The molecule has 2 heteroatoms. The Labute approximate surface area is 94.5 Å². The number of fused-ring (bicyclic) bond motifs is 1. The van der Waals surface area contributed by atoms with Gasteiger partial charge in [0, 0.05) is 23.7 Å². The van der Waals surface area contributed by atoms with E-state index in [1.165, 1.54) is 18.5 Å². The molecular formula is C14H15NO. The minimum atomic E-state index is 0.169. The van der Waals surface area contributed by atoms with Crippen molar-refractivity contribution in [2.45, 2.75) is 32.2 Å². The monoisotopic (exact) mass is 213 g/mol. The molecule has 0 N–H and O–H groups in total. The number of aromatic nitrogens is 1. The summed E-state index contributed by atoms with van der Waals surface area (Å²) in [7, 11) is 0. The van der Waals surface area contributed by atoms with Gasteiger partial charge in [-0.3, -0.25) is 4.79 Å². The van der Waals surface area contributed by atoms with Crippen molar-refractivity contribution in [1.29, 1.82) is 0 Å². The Hall–Kier alpha value is -1.57. The number of hydrogen-bond acceptors (Lipinski definition) is 1. The van der Waals surface area contributed by atoms with E-state index in [0.717, 1.165) is 17.4 Å². The van der Waals surface area contributed by atoms with Gasteiger partial charge in [-0.05, 0) is 37.8 Å². The zero-order chi connectivity index (χ0) is 11.1. The Bertz CT molecular complexity index is 593. The number of benzene rings is 1. The van der Waals surface area contributed by atoms with Crippen LogP contribution in [0, 0.1) is 0 Å². The SMILES string of the molecule is CCn1c(C2CC2)cc(=O)c2ccccc21. The molecule has 1 saturated carbocycles. The summed E-state index contributed by atoms with van der Waals surface area (Å²) in [6.45, 7) is 3.08. The first-order chi connectivity index (χ1) is 7.81. The maximum absolute atomic E-state index is 12.0. The lowest BCUT2D eigenvalue weighted by Gasteiger charge is -2.14. The normalized spacial score (nSPS) is 15.6. The highest BCUT2D eigenvalue weighted by molar-refractivity contribution is 5.79. The van der Waals surface area contributed by atoms with Crippen LogP contribution in [0.1, 0.15) is 31.4 Å². The fourth-order valence-electron chi connectivity index (χ4n) is 2.42.